The van der Waals surface area contributed by atoms with E-state index in [2.05, 4.69) is 37.4 Å². The number of rotatable bonds is 7. The van der Waals surface area contributed by atoms with E-state index in [4.69, 9.17) is 0 Å². The maximum Gasteiger partial charge on any atom is 0.0530 e. The monoisotopic (exact) mass is 279 g/mol. The topological polar surface area (TPSA) is 29.1 Å². The van der Waals surface area contributed by atoms with E-state index < -0.39 is 10.8 Å². The summed E-state index contributed by atoms with van der Waals surface area (Å²) in [6.07, 6.45) is 4.60. The minimum Gasteiger partial charge on any atom is -0.316 e. The van der Waals surface area contributed by atoms with Crippen LogP contribution in [0.1, 0.15) is 37.8 Å². The Morgan fingerprint density at radius 2 is 2.05 bits per heavy atom. The normalized spacial score (nSPS) is 15.7. The Hall–Kier alpha value is -0.670. The quantitative estimate of drug-likeness (QED) is 0.778. The smallest absolute Gasteiger partial charge is 0.0530 e. The standard InChI is InChI=1S/C16H25NOS/c1-13(2)12-17-9-4-10-19(18)16-8-7-14-5-3-6-15(14)11-16/h7-8,11,13,17H,3-6,9-10,12H2,1-2H3. The van der Waals surface area contributed by atoms with E-state index in [-0.39, 0.29) is 0 Å². The molecule has 0 radical (unpaired) electrons. The molecule has 1 unspecified atom stereocenters. The molecule has 2 nitrogen and oxygen atoms in total. The van der Waals surface area contributed by atoms with Crippen LogP contribution in [0.4, 0.5) is 0 Å². The van der Waals surface area contributed by atoms with Crippen molar-refractivity contribution in [3.8, 4) is 0 Å². The van der Waals surface area contributed by atoms with Gasteiger partial charge < -0.3 is 5.32 Å². The molecule has 0 aromatic heterocycles. The average Bonchev–Trinajstić information content (AvgIpc) is 2.84. The Morgan fingerprint density at radius 1 is 1.26 bits per heavy atom. The third-order valence-corrected chi connectivity index (χ3v) is 5.01. The molecule has 1 aromatic rings. The summed E-state index contributed by atoms with van der Waals surface area (Å²) in [6.45, 7) is 6.42. The molecule has 0 fully saturated rings. The van der Waals surface area contributed by atoms with Crippen LogP contribution in [-0.2, 0) is 23.6 Å². The SMILES string of the molecule is CC(C)CNCCCS(=O)c1ccc2c(c1)CCC2. The maximum atomic E-state index is 12.2. The molecule has 2 rings (SSSR count). The van der Waals surface area contributed by atoms with Crippen LogP contribution in [0.2, 0.25) is 0 Å². The fourth-order valence-corrected chi connectivity index (χ4v) is 3.66. The molecule has 1 N–H and O–H groups in total. The molecular formula is C16H25NOS. The predicted molar refractivity (Wildman–Crippen MR) is 82.1 cm³/mol. The summed E-state index contributed by atoms with van der Waals surface area (Å²) in [7, 11) is -0.830. The van der Waals surface area contributed by atoms with E-state index in [9.17, 15) is 4.21 Å². The van der Waals surface area contributed by atoms with E-state index in [1.165, 1.54) is 24.0 Å². The maximum absolute atomic E-state index is 12.2. The van der Waals surface area contributed by atoms with Crippen molar-refractivity contribution in [2.45, 2.75) is 44.4 Å². The molecule has 106 valence electrons. The van der Waals surface area contributed by atoms with Gasteiger partial charge in [-0.25, -0.2) is 0 Å². The first-order chi connectivity index (χ1) is 9.16. The largest absolute Gasteiger partial charge is 0.316 e. The van der Waals surface area contributed by atoms with Crippen molar-refractivity contribution in [2.75, 3.05) is 18.8 Å². The molecule has 1 aliphatic rings. The summed E-state index contributed by atoms with van der Waals surface area (Å²) in [5, 5.41) is 3.40. The van der Waals surface area contributed by atoms with E-state index in [0.29, 0.717) is 5.92 Å². The zero-order valence-corrected chi connectivity index (χ0v) is 12.9. The van der Waals surface area contributed by atoms with Crippen LogP contribution in [0.15, 0.2) is 23.1 Å². The van der Waals surface area contributed by atoms with Gasteiger partial charge in [0.25, 0.3) is 0 Å². The van der Waals surface area contributed by atoms with Gasteiger partial charge in [-0.15, -0.1) is 0 Å². The molecule has 3 heteroatoms. The third kappa shape index (κ3) is 4.43. The van der Waals surface area contributed by atoms with Crippen LogP contribution in [0.25, 0.3) is 0 Å². The van der Waals surface area contributed by atoms with Crippen LogP contribution >= 0.6 is 0 Å². The van der Waals surface area contributed by atoms with Crippen molar-refractivity contribution < 1.29 is 4.21 Å². The van der Waals surface area contributed by atoms with Crippen molar-refractivity contribution in [1.29, 1.82) is 0 Å². The van der Waals surface area contributed by atoms with E-state index >= 15 is 0 Å². The second-order valence-electron chi connectivity index (χ2n) is 5.79. The summed E-state index contributed by atoms with van der Waals surface area (Å²) in [5.41, 5.74) is 2.88. The minimum absolute atomic E-state index is 0.683. The lowest BCUT2D eigenvalue weighted by Gasteiger charge is -2.08. The van der Waals surface area contributed by atoms with E-state index in [0.717, 1.165) is 36.6 Å². The van der Waals surface area contributed by atoms with Crippen molar-refractivity contribution in [1.82, 2.24) is 5.32 Å². The zero-order chi connectivity index (χ0) is 13.7. The highest BCUT2D eigenvalue weighted by molar-refractivity contribution is 7.85. The number of fused-ring (bicyclic) bond motifs is 1. The van der Waals surface area contributed by atoms with Crippen LogP contribution in [0.5, 0.6) is 0 Å². The number of hydrogen-bond acceptors (Lipinski definition) is 2. The second kappa shape index (κ2) is 7.20. The summed E-state index contributed by atoms with van der Waals surface area (Å²) in [5.74, 6) is 1.45. The molecule has 0 saturated carbocycles. The number of benzene rings is 1. The predicted octanol–water partition coefficient (Wildman–Crippen LogP) is 2.92. The summed E-state index contributed by atoms with van der Waals surface area (Å²) in [4.78, 5) is 1.02. The lowest BCUT2D eigenvalue weighted by Crippen LogP contribution is -2.21. The lowest BCUT2D eigenvalue weighted by molar-refractivity contribution is 0.550. The highest BCUT2D eigenvalue weighted by Crippen LogP contribution is 2.24. The van der Waals surface area contributed by atoms with Gasteiger partial charge >= 0.3 is 0 Å². The van der Waals surface area contributed by atoms with E-state index in [1.54, 1.807) is 0 Å². The summed E-state index contributed by atoms with van der Waals surface area (Å²) >= 11 is 0. The van der Waals surface area contributed by atoms with Crippen LogP contribution in [-0.4, -0.2) is 23.1 Å². The van der Waals surface area contributed by atoms with Crippen LogP contribution < -0.4 is 5.32 Å². The van der Waals surface area contributed by atoms with Gasteiger partial charge in [-0.05, 0) is 68.0 Å². The molecule has 1 aromatic carbocycles. The molecule has 0 aliphatic heterocycles. The zero-order valence-electron chi connectivity index (χ0n) is 12.1. The second-order valence-corrected chi connectivity index (χ2v) is 7.36. The molecule has 0 spiro atoms. The highest BCUT2D eigenvalue weighted by atomic mass is 32.2. The van der Waals surface area contributed by atoms with Gasteiger partial charge in [0, 0.05) is 10.6 Å². The summed E-state index contributed by atoms with van der Waals surface area (Å²) in [6, 6.07) is 6.40. The van der Waals surface area contributed by atoms with Gasteiger partial charge in [-0.3, -0.25) is 4.21 Å². The molecule has 0 heterocycles. The number of hydrogen-bond donors (Lipinski definition) is 1. The van der Waals surface area contributed by atoms with Crippen molar-refractivity contribution in [3.63, 3.8) is 0 Å². The lowest BCUT2D eigenvalue weighted by atomic mass is 10.1. The van der Waals surface area contributed by atoms with Gasteiger partial charge in [-0.1, -0.05) is 19.9 Å². The summed E-state index contributed by atoms with van der Waals surface area (Å²) < 4.78 is 12.2. The molecule has 19 heavy (non-hydrogen) atoms. The fraction of sp³-hybridized carbons (Fsp3) is 0.625. The van der Waals surface area contributed by atoms with E-state index in [1.807, 2.05) is 0 Å². The Kier molecular flexibility index (Phi) is 5.59. The van der Waals surface area contributed by atoms with Crippen LogP contribution in [0, 0.1) is 5.92 Å². The van der Waals surface area contributed by atoms with Crippen molar-refractivity contribution in [2.24, 2.45) is 5.92 Å². The van der Waals surface area contributed by atoms with Gasteiger partial charge in [0.1, 0.15) is 0 Å². The van der Waals surface area contributed by atoms with Crippen molar-refractivity contribution in [3.05, 3.63) is 29.3 Å². The highest BCUT2D eigenvalue weighted by Gasteiger charge is 2.12. The van der Waals surface area contributed by atoms with Gasteiger partial charge in [0.15, 0.2) is 0 Å². The van der Waals surface area contributed by atoms with Gasteiger partial charge in [-0.2, -0.15) is 0 Å². The van der Waals surface area contributed by atoms with Gasteiger partial charge in [0.05, 0.1) is 10.8 Å². The Bertz CT molecular complexity index is 442. The van der Waals surface area contributed by atoms with Crippen molar-refractivity contribution >= 4 is 10.8 Å². The number of nitrogens with one attached hydrogen (secondary N) is 1. The minimum atomic E-state index is -0.830. The Morgan fingerprint density at radius 3 is 2.84 bits per heavy atom. The first-order valence-corrected chi connectivity index (χ1v) is 8.69. The first kappa shape index (κ1) is 14.7. The molecule has 1 aliphatic carbocycles. The van der Waals surface area contributed by atoms with Crippen LogP contribution in [0.3, 0.4) is 0 Å². The third-order valence-electron chi connectivity index (χ3n) is 3.57. The molecule has 0 amide bonds. The average molecular weight is 279 g/mol. The Labute approximate surface area is 119 Å². The molecular weight excluding hydrogens is 254 g/mol. The van der Waals surface area contributed by atoms with Gasteiger partial charge in [0.2, 0.25) is 0 Å². The fourth-order valence-electron chi connectivity index (χ4n) is 2.53. The first-order valence-electron chi connectivity index (χ1n) is 7.37. The molecule has 0 saturated heterocycles. The molecule has 1 atom stereocenters. The Balaban J connectivity index is 1.77. The number of aryl methyl sites for hydroxylation is 2. The molecule has 0 bridgehead atoms.